The SMILES string of the molecule is CCNC(=NCc1ccc(OCCOC)cc1)NCc1ccc(C)cc1.I. The Kier molecular flexibility index (Phi) is 11.5. The Labute approximate surface area is 179 Å². The Hall–Kier alpha value is -1.80. The van der Waals surface area contributed by atoms with Crippen LogP contribution in [0.2, 0.25) is 0 Å². The molecule has 2 aromatic carbocycles. The number of aliphatic imine (C=N–C) groups is 1. The highest BCUT2D eigenvalue weighted by atomic mass is 127. The predicted octanol–water partition coefficient (Wildman–Crippen LogP) is 3.89. The molecule has 5 nitrogen and oxygen atoms in total. The highest BCUT2D eigenvalue weighted by molar-refractivity contribution is 14.0. The van der Waals surface area contributed by atoms with Crippen LogP contribution < -0.4 is 15.4 Å². The largest absolute Gasteiger partial charge is 0.491 e. The first-order valence-electron chi connectivity index (χ1n) is 8.99. The maximum absolute atomic E-state index is 5.58. The minimum Gasteiger partial charge on any atom is -0.491 e. The number of nitrogens with one attached hydrogen (secondary N) is 2. The third-order valence-corrected chi connectivity index (χ3v) is 3.82. The maximum Gasteiger partial charge on any atom is 0.191 e. The van der Waals surface area contributed by atoms with Crippen molar-refractivity contribution in [3.63, 3.8) is 0 Å². The van der Waals surface area contributed by atoms with E-state index in [0.29, 0.717) is 19.8 Å². The number of nitrogens with zero attached hydrogens (tertiary/aromatic N) is 1. The monoisotopic (exact) mass is 483 g/mol. The molecule has 2 aromatic rings. The van der Waals surface area contributed by atoms with E-state index in [9.17, 15) is 0 Å². The van der Waals surface area contributed by atoms with Gasteiger partial charge in [0.15, 0.2) is 5.96 Å². The Morgan fingerprint density at radius 3 is 2.22 bits per heavy atom. The highest BCUT2D eigenvalue weighted by Gasteiger charge is 2.00. The van der Waals surface area contributed by atoms with Gasteiger partial charge in [0.2, 0.25) is 0 Å². The summed E-state index contributed by atoms with van der Waals surface area (Å²) in [5.41, 5.74) is 3.64. The third-order valence-electron chi connectivity index (χ3n) is 3.82. The number of methoxy groups -OCH3 is 1. The average Bonchev–Trinajstić information content (AvgIpc) is 2.66. The molecule has 0 fully saturated rings. The van der Waals surface area contributed by atoms with Crippen LogP contribution >= 0.6 is 24.0 Å². The molecule has 2 rings (SSSR count). The zero-order valence-electron chi connectivity index (χ0n) is 16.3. The second-order valence-electron chi connectivity index (χ2n) is 6.02. The van der Waals surface area contributed by atoms with Crippen molar-refractivity contribution in [2.24, 2.45) is 4.99 Å². The van der Waals surface area contributed by atoms with Gasteiger partial charge in [-0.05, 0) is 37.1 Å². The first kappa shape index (κ1) is 23.2. The summed E-state index contributed by atoms with van der Waals surface area (Å²) in [5, 5.41) is 6.65. The van der Waals surface area contributed by atoms with Crippen molar-refractivity contribution < 1.29 is 9.47 Å². The van der Waals surface area contributed by atoms with Gasteiger partial charge in [-0.25, -0.2) is 4.99 Å². The molecule has 0 heterocycles. The number of rotatable bonds is 9. The zero-order chi connectivity index (χ0) is 18.6. The van der Waals surface area contributed by atoms with Crippen LogP contribution in [-0.2, 0) is 17.8 Å². The van der Waals surface area contributed by atoms with Crippen LogP contribution in [-0.4, -0.2) is 32.8 Å². The van der Waals surface area contributed by atoms with Gasteiger partial charge in [-0.1, -0.05) is 42.0 Å². The summed E-state index contributed by atoms with van der Waals surface area (Å²) in [4.78, 5) is 4.66. The van der Waals surface area contributed by atoms with Crippen molar-refractivity contribution in [1.82, 2.24) is 10.6 Å². The topological polar surface area (TPSA) is 54.9 Å². The van der Waals surface area contributed by atoms with Gasteiger partial charge in [-0.2, -0.15) is 0 Å². The Bertz CT molecular complexity index is 673. The van der Waals surface area contributed by atoms with Gasteiger partial charge in [0.1, 0.15) is 12.4 Å². The first-order chi connectivity index (χ1) is 12.7. The molecular weight excluding hydrogens is 453 g/mol. The van der Waals surface area contributed by atoms with E-state index in [4.69, 9.17) is 9.47 Å². The Balaban J connectivity index is 0.00000364. The second-order valence-corrected chi connectivity index (χ2v) is 6.02. The minimum absolute atomic E-state index is 0. The summed E-state index contributed by atoms with van der Waals surface area (Å²) in [6.07, 6.45) is 0. The van der Waals surface area contributed by atoms with Gasteiger partial charge in [0.25, 0.3) is 0 Å². The van der Waals surface area contributed by atoms with Gasteiger partial charge in [-0.3, -0.25) is 0 Å². The summed E-state index contributed by atoms with van der Waals surface area (Å²) in [6.45, 7) is 7.49. The van der Waals surface area contributed by atoms with E-state index < -0.39 is 0 Å². The lowest BCUT2D eigenvalue weighted by Crippen LogP contribution is -2.36. The molecule has 0 aliphatic carbocycles. The smallest absolute Gasteiger partial charge is 0.191 e. The zero-order valence-corrected chi connectivity index (χ0v) is 18.7. The number of halogens is 1. The number of aryl methyl sites for hydroxylation is 1. The average molecular weight is 483 g/mol. The van der Waals surface area contributed by atoms with E-state index in [1.807, 2.05) is 24.3 Å². The van der Waals surface area contributed by atoms with Crippen molar-refractivity contribution in [2.45, 2.75) is 26.9 Å². The molecule has 0 radical (unpaired) electrons. The fraction of sp³-hybridized carbons (Fsp3) is 0.381. The maximum atomic E-state index is 5.58. The van der Waals surface area contributed by atoms with Gasteiger partial charge in [0, 0.05) is 20.2 Å². The van der Waals surface area contributed by atoms with Gasteiger partial charge in [0.05, 0.1) is 13.2 Å². The summed E-state index contributed by atoms with van der Waals surface area (Å²) >= 11 is 0. The van der Waals surface area contributed by atoms with E-state index >= 15 is 0 Å². The Morgan fingerprint density at radius 1 is 0.926 bits per heavy atom. The molecule has 0 aromatic heterocycles. The Morgan fingerprint density at radius 2 is 1.59 bits per heavy atom. The summed E-state index contributed by atoms with van der Waals surface area (Å²) in [6, 6.07) is 16.5. The quantitative estimate of drug-likeness (QED) is 0.246. The van der Waals surface area contributed by atoms with E-state index in [2.05, 4.69) is 53.7 Å². The van der Waals surface area contributed by atoms with Gasteiger partial charge >= 0.3 is 0 Å². The lowest BCUT2D eigenvalue weighted by Gasteiger charge is -2.12. The van der Waals surface area contributed by atoms with E-state index in [-0.39, 0.29) is 24.0 Å². The molecule has 0 amide bonds. The van der Waals surface area contributed by atoms with Crippen molar-refractivity contribution >= 4 is 29.9 Å². The molecule has 0 aliphatic rings. The van der Waals surface area contributed by atoms with E-state index in [1.165, 1.54) is 11.1 Å². The van der Waals surface area contributed by atoms with Crippen molar-refractivity contribution in [3.8, 4) is 5.75 Å². The van der Waals surface area contributed by atoms with Crippen LogP contribution in [0.3, 0.4) is 0 Å². The number of hydrogen-bond acceptors (Lipinski definition) is 3. The molecule has 0 bridgehead atoms. The molecule has 0 saturated heterocycles. The van der Waals surface area contributed by atoms with Crippen LogP contribution in [0.5, 0.6) is 5.75 Å². The lowest BCUT2D eigenvalue weighted by molar-refractivity contribution is 0.146. The molecule has 2 N–H and O–H groups in total. The van der Waals surface area contributed by atoms with Crippen molar-refractivity contribution in [1.29, 1.82) is 0 Å². The summed E-state index contributed by atoms with van der Waals surface area (Å²) in [7, 11) is 1.67. The van der Waals surface area contributed by atoms with Crippen LogP contribution in [0.25, 0.3) is 0 Å². The fourth-order valence-corrected chi connectivity index (χ4v) is 2.34. The minimum atomic E-state index is 0. The van der Waals surface area contributed by atoms with Crippen molar-refractivity contribution in [3.05, 3.63) is 65.2 Å². The molecule has 0 aliphatic heterocycles. The van der Waals surface area contributed by atoms with Crippen LogP contribution in [0.1, 0.15) is 23.6 Å². The standard InChI is InChI=1S/C21H29N3O2.HI/c1-4-22-21(23-15-18-7-5-17(2)6-8-18)24-16-19-9-11-20(12-10-19)26-14-13-25-3;/h5-12H,4,13-16H2,1-3H3,(H2,22,23,24);1H. The summed E-state index contributed by atoms with van der Waals surface area (Å²) in [5.74, 6) is 1.66. The van der Waals surface area contributed by atoms with Gasteiger partial charge in [-0.15, -0.1) is 24.0 Å². The third kappa shape index (κ3) is 9.10. The summed E-state index contributed by atoms with van der Waals surface area (Å²) < 4.78 is 10.6. The predicted molar refractivity (Wildman–Crippen MR) is 122 cm³/mol. The number of ether oxygens (including phenoxy) is 2. The molecule has 0 atom stereocenters. The van der Waals surface area contributed by atoms with E-state index in [0.717, 1.165) is 30.4 Å². The number of benzene rings is 2. The molecule has 27 heavy (non-hydrogen) atoms. The van der Waals surface area contributed by atoms with Gasteiger partial charge < -0.3 is 20.1 Å². The van der Waals surface area contributed by atoms with E-state index in [1.54, 1.807) is 7.11 Å². The normalized spacial score (nSPS) is 10.9. The molecule has 148 valence electrons. The van der Waals surface area contributed by atoms with Crippen LogP contribution in [0.4, 0.5) is 0 Å². The number of guanidine groups is 1. The highest BCUT2D eigenvalue weighted by Crippen LogP contribution is 2.12. The fourth-order valence-electron chi connectivity index (χ4n) is 2.34. The van der Waals surface area contributed by atoms with Crippen molar-refractivity contribution in [2.75, 3.05) is 26.9 Å². The molecule has 0 saturated carbocycles. The molecule has 0 unspecified atom stereocenters. The number of hydrogen-bond donors (Lipinski definition) is 2. The lowest BCUT2D eigenvalue weighted by atomic mass is 10.1. The molecule has 0 spiro atoms. The van der Waals surface area contributed by atoms with Crippen LogP contribution in [0, 0.1) is 6.92 Å². The van der Waals surface area contributed by atoms with Crippen LogP contribution in [0.15, 0.2) is 53.5 Å². The first-order valence-corrected chi connectivity index (χ1v) is 8.99. The second kappa shape index (κ2) is 13.4. The molecule has 6 heteroatoms. The molecular formula is C21H30IN3O2.